The first kappa shape index (κ1) is 13.8. The number of nitrogens with two attached hydrogens (primary N) is 1. The summed E-state index contributed by atoms with van der Waals surface area (Å²) in [5.41, 5.74) is 7.02. The fourth-order valence-corrected chi connectivity index (χ4v) is 2.64. The first-order valence-corrected chi connectivity index (χ1v) is 7.23. The minimum Gasteiger partial charge on any atom is -0.487 e. The van der Waals surface area contributed by atoms with E-state index in [1.165, 1.54) is 5.56 Å². The summed E-state index contributed by atoms with van der Waals surface area (Å²) >= 11 is 3.56. The van der Waals surface area contributed by atoms with Crippen LogP contribution in [0.3, 0.4) is 0 Å². The van der Waals surface area contributed by atoms with Crippen LogP contribution < -0.4 is 10.5 Å². The van der Waals surface area contributed by atoms with Crippen LogP contribution in [-0.4, -0.2) is 25.4 Å². The van der Waals surface area contributed by atoms with E-state index in [1.54, 1.807) is 0 Å². The van der Waals surface area contributed by atoms with Gasteiger partial charge >= 0.3 is 0 Å². The van der Waals surface area contributed by atoms with Crippen molar-refractivity contribution in [2.24, 2.45) is 5.73 Å². The highest BCUT2D eigenvalue weighted by atomic mass is 79.9. The Hall–Kier alpha value is -0.580. The van der Waals surface area contributed by atoms with Crippen LogP contribution >= 0.6 is 15.9 Å². The summed E-state index contributed by atoms with van der Waals surface area (Å²) in [5, 5.41) is 0. The summed E-state index contributed by atoms with van der Waals surface area (Å²) in [6, 6.07) is 6.35. The topological polar surface area (TPSA) is 44.5 Å². The fraction of sp³-hybridized carbons (Fsp3) is 0.571. The number of hydrogen-bond donors (Lipinski definition) is 1. The van der Waals surface area contributed by atoms with Crippen molar-refractivity contribution in [3.63, 3.8) is 0 Å². The van der Waals surface area contributed by atoms with Crippen LogP contribution in [0.4, 0.5) is 0 Å². The van der Waals surface area contributed by atoms with E-state index in [2.05, 4.69) is 28.1 Å². The van der Waals surface area contributed by atoms with Gasteiger partial charge in [0.25, 0.3) is 0 Å². The van der Waals surface area contributed by atoms with Crippen LogP contribution in [0.1, 0.15) is 25.3 Å². The predicted octanol–water partition coefficient (Wildman–Crippen LogP) is 2.90. The van der Waals surface area contributed by atoms with E-state index in [0.29, 0.717) is 6.61 Å². The molecule has 0 bridgehead atoms. The zero-order chi connectivity index (χ0) is 13.0. The lowest BCUT2D eigenvalue weighted by Crippen LogP contribution is -2.28. The Morgan fingerprint density at radius 3 is 3.00 bits per heavy atom. The summed E-state index contributed by atoms with van der Waals surface area (Å²) in [7, 11) is 0. The monoisotopic (exact) mass is 313 g/mol. The lowest BCUT2D eigenvalue weighted by Gasteiger charge is -2.24. The van der Waals surface area contributed by atoms with Crippen molar-refractivity contribution in [1.29, 1.82) is 0 Å². The first-order valence-electron chi connectivity index (χ1n) is 6.43. The van der Waals surface area contributed by atoms with Gasteiger partial charge in [0.15, 0.2) is 0 Å². The van der Waals surface area contributed by atoms with Crippen molar-refractivity contribution in [3.05, 3.63) is 28.2 Å². The molecule has 0 aromatic heterocycles. The van der Waals surface area contributed by atoms with Gasteiger partial charge in [-0.2, -0.15) is 0 Å². The third kappa shape index (κ3) is 3.97. The molecule has 2 rings (SSSR count). The average Bonchev–Trinajstić information content (AvgIpc) is 2.33. The first-order chi connectivity index (χ1) is 8.65. The Balaban J connectivity index is 2.00. The van der Waals surface area contributed by atoms with Gasteiger partial charge in [0, 0.05) is 12.6 Å². The molecular weight excluding hydrogens is 294 g/mol. The Labute approximate surface area is 117 Å². The van der Waals surface area contributed by atoms with E-state index < -0.39 is 0 Å². The molecule has 100 valence electrons. The van der Waals surface area contributed by atoms with Gasteiger partial charge in [0.05, 0.1) is 11.1 Å². The fourth-order valence-electron chi connectivity index (χ4n) is 2.12. The third-order valence-electron chi connectivity index (χ3n) is 2.97. The van der Waals surface area contributed by atoms with Gasteiger partial charge in [-0.1, -0.05) is 6.07 Å². The van der Waals surface area contributed by atoms with Crippen LogP contribution in [-0.2, 0) is 11.2 Å². The lowest BCUT2D eigenvalue weighted by atomic mass is 10.1. The zero-order valence-corrected chi connectivity index (χ0v) is 12.3. The average molecular weight is 314 g/mol. The molecule has 1 aliphatic rings. The molecule has 0 radical (unpaired) electrons. The second-order valence-electron chi connectivity index (χ2n) is 4.90. The minimum atomic E-state index is 0.175. The Bertz CT molecular complexity index is 389. The summed E-state index contributed by atoms with van der Waals surface area (Å²) in [5.74, 6) is 0.888. The van der Waals surface area contributed by atoms with Gasteiger partial charge in [0.2, 0.25) is 0 Å². The molecule has 3 nitrogen and oxygen atoms in total. The molecule has 1 aromatic carbocycles. The van der Waals surface area contributed by atoms with Crippen LogP contribution in [0.2, 0.25) is 0 Å². The summed E-state index contributed by atoms with van der Waals surface area (Å²) in [6.07, 6.45) is 3.19. The second-order valence-corrected chi connectivity index (χ2v) is 5.76. The molecule has 4 heteroatoms. The van der Waals surface area contributed by atoms with Crippen LogP contribution in [0.25, 0.3) is 0 Å². The maximum atomic E-state index is 5.94. The van der Waals surface area contributed by atoms with E-state index in [0.717, 1.165) is 36.1 Å². The molecule has 1 heterocycles. The van der Waals surface area contributed by atoms with Crippen molar-refractivity contribution < 1.29 is 9.47 Å². The van der Waals surface area contributed by atoms with Crippen LogP contribution in [0.15, 0.2) is 22.7 Å². The smallest absolute Gasteiger partial charge is 0.134 e. The molecular formula is C14H20BrNO2. The SMILES string of the molecule is CC(N)Cc1ccc(OC2CCCOC2)c(Br)c1. The van der Waals surface area contributed by atoms with E-state index in [1.807, 2.05) is 13.0 Å². The molecule has 2 atom stereocenters. The molecule has 0 amide bonds. The maximum absolute atomic E-state index is 5.94. The summed E-state index contributed by atoms with van der Waals surface area (Å²) in [4.78, 5) is 0. The molecule has 0 spiro atoms. The highest BCUT2D eigenvalue weighted by Crippen LogP contribution is 2.28. The standard InChI is InChI=1S/C14H20BrNO2/c1-10(16)7-11-4-5-14(13(15)8-11)18-12-3-2-6-17-9-12/h4-5,8,10,12H,2-3,6-7,9,16H2,1H3. The largest absolute Gasteiger partial charge is 0.487 e. The molecule has 1 aromatic rings. The predicted molar refractivity (Wildman–Crippen MR) is 76.0 cm³/mol. The Morgan fingerprint density at radius 1 is 1.56 bits per heavy atom. The van der Waals surface area contributed by atoms with Gasteiger partial charge in [0.1, 0.15) is 11.9 Å². The van der Waals surface area contributed by atoms with Crippen molar-refractivity contribution in [2.45, 2.75) is 38.3 Å². The number of ether oxygens (including phenoxy) is 2. The third-order valence-corrected chi connectivity index (χ3v) is 3.59. The highest BCUT2D eigenvalue weighted by Gasteiger charge is 2.16. The number of hydrogen-bond acceptors (Lipinski definition) is 3. The number of rotatable bonds is 4. The van der Waals surface area contributed by atoms with Gasteiger partial charge < -0.3 is 15.2 Å². The van der Waals surface area contributed by atoms with Crippen LogP contribution in [0, 0.1) is 0 Å². The van der Waals surface area contributed by atoms with Gasteiger partial charge in [-0.05, 0) is 59.8 Å². The molecule has 1 saturated heterocycles. The minimum absolute atomic E-state index is 0.175. The Morgan fingerprint density at radius 2 is 2.39 bits per heavy atom. The van der Waals surface area contributed by atoms with E-state index in [-0.39, 0.29) is 12.1 Å². The second kappa shape index (κ2) is 6.55. The van der Waals surface area contributed by atoms with Crippen molar-refractivity contribution in [1.82, 2.24) is 0 Å². The Kier molecular flexibility index (Phi) is 5.03. The summed E-state index contributed by atoms with van der Waals surface area (Å²) < 4.78 is 12.3. The van der Waals surface area contributed by atoms with Gasteiger partial charge in [-0.25, -0.2) is 0 Å². The van der Waals surface area contributed by atoms with E-state index >= 15 is 0 Å². The number of halogens is 1. The van der Waals surface area contributed by atoms with Gasteiger partial charge in [-0.3, -0.25) is 0 Å². The molecule has 1 aliphatic heterocycles. The highest BCUT2D eigenvalue weighted by molar-refractivity contribution is 9.10. The maximum Gasteiger partial charge on any atom is 0.134 e. The van der Waals surface area contributed by atoms with E-state index in [4.69, 9.17) is 15.2 Å². The molecule has 18 heavy (non-hydrogen) atoms. The normalized spacial score (nSPS) is 21.6. The number of benzene rings is 1. The quantitative estimate of drug-likeness (QED) is 0.929. The van der Waals surface area contributed by atoms with Crippen molar-refractivity contribution >= 4 is 15.9 Å². The lowest BCUT2D eigenvalue weighted by molar-refractivity contribution is 0.00711. The summed E-state index contributed by atoms with van der Waals surface area (Å²) in [6.45, 7) is 3.56. The van der Waals surface area contributed by atoms with E-state index in [9.17, 15) is 0 Å². The molecule has 1 fully saturated rings. The van der Waals surface area contributed by atoms with Gasteiger partial charge in [-0.15, -0.1) is 0 Å². The molecule has 2 unspecified atom stereocenters. The van der Waals surface area contributed by atoms with Crippen molar-refractivity contribution in [3.8, 4) is 5.75 Å². The van der Waals surface area contributed by atoms with Crippen LogP contribution in [0.5, 0.6) is 5.75 Å². The molecule has 0 aliphatic carbocycles. The molecule has 2 N–H and O–H groups in total. The van der Waals surface area contributed by atoms with Crippen molar-refractivity contribution in [2.75, 3.05) is 13.2 Å². The molecule has 0 saturated carbocycles. The zero-order valence-electron chi connectivity index (χ0n) is 10.7.